The number of nitro groups is 1. The number of amides is 1. The summed E-state index contributed by atoms with van der Waals surface area (Å²) in [7, 11) is 1.50. The Bertz CT molecular complexity index is 1180. The third-order valence-corrected chi connectivity index (χ3v) is 6.13. The maximum absolute atomic E-state index is 12.3. The molecule has 1 N–H and O–H groups in total. The molecule has 13 heteroatoms. The smallest absolute Gasteiger partial charge is 0.278 e. The predicted octanol–water partition coefficient (Wildman–Crippen LogP) is 2.44. The zero-order valence-electron chi connectivity index (χ0n) is 19.1. The number of hydrogen-bond acceptors (Lipinski definition) is 10. The molecule has 0 unspecified atom stereocenters. The number of aromatic nitrogens is 1. The van der Waals surface area contributed by atoms with Crippen LogP contribution in [0.25, 0.3) is 0 Å². The van der Waals surface area contributed by atoms with E-state index < -0.39 is 17.4 Å². The second-order valence-electron chi connectivity index (χ2n) is 7.40. The van der Waals surface area contributed by atoms with Crippen LogP contribution < -0.4 is 15.1 Å². The standard InChI is InChI=1S/C22H23BrN6O6/c1-14-21(23)18(12-33-2)17(10-24)22(26-14)35-13-20(30)27-25-11-15-9-16(29(31)32)3-4-19(15)28-5-7-34-8-6-28/h3-4,9,11H,5-8,12-13H2,1-2H3,(H,27,30)/b25-11-. The zero-order valence-corrected chi connectivity index (χ0v) is 20.7. The Kier molecular flexibility index (Phi) is 9.07. The topological polar surface area (TPSA) is 152 Å². The fourth-order valence-corrected chi connectivity index (χ4v) is 3.81. The van der Waals surface area contributed by atoms with Crippen LogP contribution >= 0.6 is 15.9 Å². The van der Waals surface area contributed by atoms with E-state index >= 15 is 0 Å². The summed E-state index contributed by atoms with van der Waals surface area (Å²) in [5, 5.41) is 24.7. The van der Waals surface area contributed by atoms with Crippen LogP contribution in [0.15, 0.2) is 27.8 Å². The van der Waals surface area contributed by atoms with E-state index in [4.69, 9.17) is 14.2 Å². The van der Waals surface area contributed by atoms with Crippen LogP contribution in [0.4, 0.5) is 11.4 Å². The van der Waals surface area contributed by atoms with Gasteiger partial charge in [0, 0.05) is 53.6 Å². The molecule has 1 aromatic heterocycles. The maximum atomic E-state index is 12.3. The Hall–Kier alpha value is -3.60. The van der Waals surface area contributed by atoms with Crippen molar-refractivity contribution in [1.29, 1.82) is 5.26 Å². The number of nitro benzene ring substituents is 1. The molecule has 12 nitrogen and oxygen atoms in total. The van der Waals surface area contributed by atoms with Crippen LogP contribution in [0.5, 0.6) is 5.88 Å². The molecule has 1 aromatic carbocycles. The number of ether oxygens (including phenoxy) is 3. The normalized spacial score (nSPS) is 13.5. The number of non-ortho nitro benzene ring substituents is 1. The van der Waals surface area contributed by atoms with Gasteiger partial charge in [-0.3, -0.25) is 14.9 Å². The lowest BCUT2D eigenvalue weighted by Gasteiger charge is -2.29. The third-order valence-electron chi connectivity index (χ3n) is 5.07. The highest BCUT2D eigenvalue weighted by atomic mass is 79.9. The molecule has 0 saturated carbocycles. The van der Waals surface area contributed by atoms with Crippen molar-refractivity contribution < 1.29 is 23.9 Å². The second-order valence-corrected chi connectivity index (χ2v) is 8.19. The number of hydrogen-bond donors (Lipinski definition) is 1. The van der Waals surface area contributed by atoms with Crippen molar-refractivity contribution in [3.8, 4) is 11.9 Å². The number of pyridine rings is 1. The lowest BCUT2D eigenvalue weighted by molar-refractivity contribution is -0.384. The largest absolute Gasteiger partial charge is 0.467 e. The molecule has 1 aliphatic heterocycles. The summed E-state index contributed by atoms with van der Waals surface area (Å²) in [5.41, 5.74) is 4.76. The Labute approximate surface area is 209 Å². The number of nitrogens with zero attached hydrogens (tertiary/aromatic N) is 5. The first-order valence-electron chi connectivity index (χ1n) is 10.5. The molecule has 0 radical (unpaired) electrons. The van der Waals surface area contributed by atoms with Crippen molar-refractivity contribution in [3.63, 3.8) is 0 Å². The van der Waals surface area contributed by atoms with Crippen molar-refractivity contribution in [2.45, 2.75) is 13.5 Å². The minimum absolute atomic E-state index is 0.00710. The van der Waals surface area contributed by atoms with Gasteiger partial charge >= 0.3 is 0 Å². The Morgan fingerprint density at radius 3 is 2.86 bits per heavy atom. The molecule has 35 heavy (non-hydrogen) atoms. The van der Waals surface area contributed by atoms with Crippen molar-refractivity contribution in [2.75, 3.05) is 44.9 Å². The number of methoxy groups -OCH3 is 1. The number of hydrazone groups is 1. The number of halogens is 1. The van der Waals surface area contributed by atoms with E-state index in [0.717, 1.165) is 5.69 Å². The summed E-state index contributed by atoms with van der Waals surface area (Å²) in [5.74, 6) is -0.591. The van der Waals surface area contributed by atoms with Gasteiger partial charge in [-0.15, -0.1) is 0 Å². The lowest BCUT2D eigenvalue weighted by Crippen LogP contribution is -2.36. The van der Waals surface area contributed by atoms with Crippen molar-refractivity contribution in [2.24, 2.45) is 5.10 Å². The molecule has 1 saturated heterocycles. The zero-order chi connectivity index (χ0) is 25.4. The van der Waals surface area contributed by atoms with Gasteiger partial charge in [-0.2, -0.15) is 10.4 Å². The highest BCUT2D eigenvalue weighted by Gasteiger charge is 2.19. The van der Waals surface area contributed by atoms with E-state index in [1.54, 1.807) is 13.0 Å². The van der Waals surface area contributed by atoms with Crippen LogP contribution in [-0.2, 0) is 20.9 Å². The summed E-state index contributed by atoms with van der Waals surface area (Å²) in [6, 6.07) is 6.49. The molecule has 0 aliphatic carbocycles. The number of nitriles is 1. The predicted molar refractivity (Wildman–Crippen MR) is 129 cm³/mol. The summed E-state index contributed by atoms with van der Waals surface area (Å²) < 4.78 is 16.6. The highest BCUT2D eigenvalue weighted by Crippen LogP contribution is 2.30. The van der Waals surface area contributed by atoms with Gasteiger partial charge in [-0.1, -0.05) is 0 Å². The van der Waals surface area contributed by atoms with E-state index in [-0.39, 0.29) is 23.7 Å². The van der Waals surface area contributed by atoms with Crippen LogP contribution in [0.1, 0.15) is 22.4 Å². The van der Waals surface area contributed by atoms with Gasteiger partial charge in [0.05, 0.1) is 36.7 Å². The van der Waals surface area contributed by atoms with Gasteiger partial charge in [0.2, 0.25) is 5.88 Å². The Morgan fingerprint density at radius 1 is 1.46 bits per heavy atom. The fourth-order valence-electron chi connectivity index (χ4n) is 3.41. The number of anilines is 1. The lowest BCUT2D eigenvalue weighted by atomic mass is 10.1. The molecule has 2 heterocycles. The molecule has 1 amide bonds. The molecule has 0 atom stereocenters. The van der Waals surface area contributed by atoms with Crippen molar-refractivity contribution in [3.05, 3.63) is 55.2 Å². The number of carbonyl (C=O) groups excluding carboxylic acids is 1. The van der Waals surface area contributed by atoms with Gasteiger partial charge < -0.3 is 19.1 Å². The quantitative estimate of drug-likeness (QED) is 0.283. The molecule has 0 bridgehead atoms. The molecular weight excluding hydrogens is 524 g/mol. The van der Waals surface area contributed by atoms with E-state index in [1.807, 2.05) is 11.0 Å². The third kappa shape index (κ3) is 6.50. The molecule has 1 aliphatic rings. The monoisotopic (exact) mass is 546 g/mol. The first kappa shape index (κ1) is 26.0. The summed E-state index contributed by atoms with van der Waals surface area (Å²) in [6.45, 7) is 3.79. The second kappa shape index (κ2) is 12.2. The number of nitrogens with one attached hydrogen (secondary N) is 1. The van der Waals surface area contributed by atoms with Gasteiger partial charge in [-0.25, -0.2) is 10.4 Å². The Balaban J connectivity index is 1.71. The van der Waals surface area contributed by atoms with Gasteiger partial charge in [-0.05, 0) is 28.9 Å². The number of aryl methyl sites for hydroxylation is 1. The first-order valence-corrected chi connectivity index (χ1v) is 11.3. The minimum atomic E-state index is -0.598. The van der Waals surface area contributed by atoms with Crippen molar-refractivity contribution in [1.82, 2.24) is 10.4 Å². The number of morpholine rings is 1. The van der Waals surface area contributed by atoms with Gasteiger partial charge in [0.1, 0.15) is 11.6 Å². The molecule has 3 rings (SSSR count). The Morgan fingerprint density at radius 2 is 2.20 bits per heavy atom. The van der Waals surface area contributed by atoms with Crippen LogP contribution in [0.2, 0.25) is 0 Å². The van der Waals surface area contributed by atoms with E-state index in [0.29, 0.717) is 47.6 Å². The highest BCUT2D eigenvalue weighted by molar-refractivity contribution is 9.10. The minimum Gasteiger partial charge on any atom is -0.467 e. The van der Waals surface area contributed by atoms with Crippen LogP contribution in [-0.4, -0.2) is 62.0 Å². The molecular formula is C22H23BrN6O6. The molecule has 0 spiro atoms. The summed E-state index contributed by atoms with van der Waals surface area (Å²) in [6.07, 6.45) is 1.34. The van der Waals surface area contributed by atoms with E-state index in [9.17, 15) is 20.2 Å². The van der Waals surface area contributed by atoms with Gasteiger partial charge in [0.25, 0.3) is 11.6 Å². The SMILES string of the molecule is COCc1c(Br)c(C)nc(OCC(=O)N/N=C\c2cc([N+](=O)[O-])ccc2N2CCOCC2)c1C#N. The molecule has 2 aromatic rings. The first-order chi connectivity index (χ1) is 16.8. The van der Waals surface area contributed by atoms with Crippen LogP contribution in [0, 0.1) is 28.4 Å². The number of rotatable bonds is 9. The molecule has 1 fully saturated rings. The maximum Gasteiger partial charge on any atom is 0.278 e. The van der Waals surface area contributed by atoms with Gasteiger partial charge in [0.15, 0.2) is 6.61 Å². The van der Waals surface area contributed by atoms with E-state index in [1.165, 1.54) is 25.5 Å². The number of benzene rings is 1. The average Bonchev–Trinajstić information content (AvgIpc) is 2.86. The average molecular weight is 547 g/mol. The molecule has 184 valence electrons. The van der Waals surface area contributed by atoms with Crippen LogP contribution in [0.3, 0.4) is 0 Å². The summed E-state index contributed by atoms with van der Waals surface area (Å²) >= 11 is 3.39. The summed E-state index contributed by atoms with van der Waals surface area (Å²) in [4.78, 5) is 29.3. The van der Waals surface area contributed by atoms with Crippen molar-refractivity contribution >= 4 is 39.4 Å². The number of carbonyl (C=O) groups is 1. The fraction of sp³-hybridized carbons (Fsp3) is 0.364. The van der Waals surface area contributed by atoms with E-state index in [2.05, 4.69) is 31.4 Å².